The van der Waals surface area contributed by atoms with Crippen LogP contribution in [-0.2, 0) is 6.67 Å². The number of aromatic nitrogens is 1. The van der Waals surface area contributed by atoms with Crippen molar-refractivity contribution in [3.63, 3.8) is 0 Å². The highest BCUT2D eigenvalue weighted by atomic mass is 19.4. The molecule has 17 heavy (non-hydrogen) atoms. The lowest BCUT2D eigenvalue weighted by atomic mass is 10.2. The van der Waals surface area contributed by atoms with Gasteiger partial charge < -0.3 is 9.72 Å². The van der Waals surface area contributed by atoms with Crippen LogP contribution in [0.25, 0.3) is 0 Å². The Hall–Kier alpha value is -2.13. The summed E-state index contributed by atoms with van der Waals surface area (Å²) in [4.78, 5) is 21.9. The van der Waals surface area contributed by atoms with Crippen LogP contribution in [0, 0.1) is 10.1 Å². The summed E-state index contributed by atoms with van der Waals surface area (Å²) in [5, 5.41) is 10.4. The molecule has 0 saturated heterocycles. The number of nitrogens with zero attached hydrogens (tertiary/aromatic N) is 1. The number of hydrogen-bond donors (Lipinski definition) is 1. The first-order valence-corrected chi connectivity index (χ1v) is 3.97. The number of rotatable bonds is 3. The number of halogens is 4. The van der Waals surface area contributed by atoms with Crippen LogP contribution in [0.15, 0.2) is 11.0 Å². The minimum Gasteiger partial charge on any atom is -0.382 e. The van der Waals surface area contributed by atoms with Gasteiger partial charge in [0.25, 0.3) is 11.3 Å². The minimum absolute atomic E-state index is 0.580. The third-order valence-corrected chi connectivity index (χ3v) is 1.64. The van der Waals surface area contributed by atoms with Crippen LogP contribution in [0.3, 0.4) is 0 Å². The van der Waals surface area contributed by atoms with Gasteiger partial charge in [0.1, 0.15) is 6.67 Å². The second-order valence-corrected chi connectivity index (χ2v) is 2.76. The van der Waals surface area contributed by atoms with Crippen molar-refractivity contribution in [1.29, 1.82) is 0 Å². The van der Waals surface area contributed by atoms with E-state index in [1.807, 2.05) is 0 Å². The fraction of sp³-hybridized carbons (Fsp3) is 0.286. The van der Waals surface area contributed by atoms with Gasteiger partial charge >= 0.3 is 12.0 Å². The second kappa shape index (κ2) is 4.39. The summed E-state index contributed by atoms with van der Waals surface area (Å²) in [6.07, 6.45) is -4.62. The van der Waals surface area contributed by atoms with Gasteiger partial charge in [-0.25, -0.2) is 4.39 Å². The van der Waals surface area contributed by atoms with Crippen molar-refractivity contribution in [1.82, 2.24) is 4.98 Å². The number of nitro groups is 1. The Morgan fingerprint density at radius 2 is 2.06 bits per heavy atom. The maximum absolute atomic E-state index is 12.2. The molecule has 1 aromatic heterocycles. The zero-order valence-electron chi connectivity index (χ0n) is 7.88. The predicted molar refractivity (Wildman–Crippen MR) is 45.2 cm³/mol. The molecule has 0 spiro atoms. The Bertz CT molecular complexity index is 496. The van der Waals surface area contributed by atoms with Crippen LogP contribution >= 0.6 is 0 Å². The summed E-state index contributed by atoms with van der Waals surface area (Å²) >= 11 is 0. The molecule has 1 N–H and O–H groups in total. The summed E-state index contributed by atoms with van der Waals surface area (Å²) in [6, 6.07) is 0. The van der Waals surface area contributed by atoms with Gasteiger partial charge in [-0.05, 0) is 0 Å². The minimum atomic E-state index is -5.20. The summed E-state index contributed by atoms with van der Waals surface area (Å²) in [5.74, 6) is -1.38. The van der Waals surface area contributed by atoms with Crippen molar-refractivity contribution in [2.24, 2.45) is 0 Å². The standard InChI is InChI=1S/C7H4F4N2O4/c8-1-3-2-12-6(17-7(9,10)11)4(5(3)14)13(15)16/h2H,1H2,(H,12,14). The van der Waals surface area contributed by atoms with E-state index < -0.39 is 40.5 Å². The monoisotopic (exact) mass is 256 g/mol. The Kier molecular flexibility index (Phi) is 3.34. The number of pyridine rings is 1. The zero-order chi connectivity index (χ0) is 13.2. The van der Waals surface area contributed by atoms with Gasteiger partial charge in [-0.2, -0.15) is 0 Å². The molecule has 0 aliphatic carbocycles. The van der Waals surface area contributed by atoms with E-state index in [2.05, 4.69) is 4.74 Å². The summed E-state index contributed by atoms with van der Waals surface area (Å²) in [6.45, 7) is -1.34. The molecule has 0 aliphatic heterocycles. The molecule has 0 radical (unpaired) electrons. The van der Waals surface area contributed by atoms with Gasteiger partial charge in [-0.15, -0.1) is 13.2 Å². The normalized spacial score (nSPS) is 11.3. The van der Waals surface area contributed by atoms with E-state index in [4.69, 9.17) is 0 Å². The molecule has 0 atom stereocenters. The first-order valence-electron chi connectivity index (χ1n) is 3.97. The average Bonchev–Trinajstić information content (AvgIpc) is 2.14. The van der Waals surface area contributed by atoms with Crippen LogP contribution in [0.5, 0.6) is 5.88 Å². The van der Waals surface area contributed by atoms with Crippen molar-refractivity contribution in [2.45, 2.75) is 13.0 Å². The third-order valence-electron chi connectivity index (χ3n) is 1.64. The summed E-state index contributed by atoms with van der Waals surface area (Å²) < 4.78 is 51.0. The largest absolute Gasteiger partial charge is 0.574 e. The van der Waals surface area contributed by atoms with Crippen molar-refractivity contribution in [2.75, 3.05) is 0 Å². The van der Waals surface area contributed by atoms with Crippen LogP contribution in [-0.4, -0.2) is 16.3 Å². The fourth-order valence-corrected chi connectivity index (χ4v) is 1.00. The smallest absolute Gasteiger partial charge is 0.382 e. The zero-order valence-corrected chi connectivity index (χ0v) is 7.88. The molecule has 0 amide bonds. The van der Waals surface area contributed by atoms with E-state index in [0.717, 1.165) is 0 Å². The second-order valence-electron chi connectivity index (χ2n) is 2.76. The molecule has 0 aliphatic rings. The molecule has 1 aromatic rings. The molecule has 94 valence electrons. The molecule has 0 fully saturated rings. The van der Waals surface area contributed by atoms with Crippen molar-refractivity contribution < 1.29 is 27.2 Å². The number of nitrogens with one attached hydrogen (secondary N) is 1. The number of ether oxygens (including phenoxy) is 1. The van der Waals surface area contributed by atoms with E-state index >= 15 is 0 Å². The van der Waals surface area contributed by atoms with Crippen LogP contribution < -0.4 is 10.2 Å². The average molecular weight is 256 g/mol. The Labute approximate surface area is 90.0 Å². The highest BCUT2D eigenvalue weighted by Gasteiger charge is 2.36. The summed E-state index contributed by atoms with van der Waals surface area (Å²) in [7, 11) is 0. The Morgan fingerprint density at radius 3 is 2.47 bits per heavy atom. The van der Waals surface area contributed by atoms with Gasteiger partial charge in [-0.3, -0.25) is 14.9 Å². The van der Waals surface area contributed by atoms with E-state index in [-0.39, 0.29) is 0 Å². The van der Waals surface area contributed by atoms with Crippen molar-refractivity contribution >= 4 is 5.69 Å². The highest BCUT2D eigenvalue weighted by Crippen LogP contribution is 2.27. The quantitative estimate of drug-likeness (QED) is 0.506. The van der Waals surface area contributed by atoms with Gasteiger partial charge in [-0.1, -0.05) is 0 Å². The maximum atomic E-state index is 12.2. The molecule has 0 aromatic carbocycles. The van der Waals surface area contributed by atoms with E-state index in [1.165, 1.54) is 0 Å². The first kappa shape index (κ1) is 12.9. The molecular formula is C7H4F4N2O4. The van der Waals surface area contributed by atoms with Crippen LogP contribution in [0.4, 0.5) is 23.2 Å². The van der Waals surface area contributed by atoms with Crippen LogP contribution in [0.2, 0.25) is 0 Å². The number of alkyl halides is 4. The van der Waals surface area contributed by atoms with E-state index in [9.17, 15) is 32.5 Å². The summed E-state index contributed by atoms with van der Waals surface area (Å²) in [5.41, 5.74) is -3.61. The van der Waals surface area contributed by atoms with Crippen LogP contribution in [0.1, 0.15) is 5.56 Å². The molecule has 1 rings (SSSR count). The van der Waals surface area contributed by atoms with E-state index in [0.29, 0.717) is 6.20 Å². The molecule has 10 heteroatoms. The van der Waals surface area contributed by atoms with Crippen molar-refractivity contribution in [3.05, 3.63) is 32.1 Å². The third kappa shape index (κ3) is 2.92. The molecule has 0 bridgehead atoms. The number of hydrogen-bond acceptors (Lipinski definition) is 4. The molecule has 0 unspecified atom stereocenters. The van der Waals surface area contributed by atoms with E-state index in [1.54, 1.807) is 4.98 Å². The fourth-order valence-electron chi connectivity index (χ4n) is 1.00. The number of H-pyrrole nitrogens is 1. The lowest BCUT2D eigenvalue weighted by molar-refractivity contribution is -0.390. The predicted octanol–water partition coefficient (Wildman–Crippen LogP) is 1.65. The van der Waals surface area contributed by atoms with Gasteiger partial charge in [0.05, 0.1) is 10.5 Å². The molecule has 6 nitrogen and oxygen atoms in total. The van der Waals surface area contributed by atoms with Gasteiger partial charge in [0.15, 0.2) is 0 Å². The molecule has 0 saturated carbocycles. The number of aromatic amines is 1. The van der Waals surface area contributed by atoms with Gasteiger partial charge in [0.2, 0.25) is 0 Å². The molecular weight excluding hydrogens is 252 g/mol. The Balaban J connectivity index is 3.37. The molecule has 1 heterocycles. The lowest BCUT2D eigenvalue weighted by Crippen LogP contribution is -2.22. The van der Waals surface area contributed by atoms with Gasteiger partial charge in [0, 0.05) is 6.20 Å². The highest BCUT2D eigenvalue weighted by molar-refractivity contribution is 5.42. The maximum Gasteiger partial charge on any atom is 0.574 e. The Morgan fingerprint density at radius 1 is 1.47 bits per heavy atom. The SMILES string of the molecule is O=c1c(CF)c[nH]c(OC(F)(F)F)c1[N+](=O)[O-]. The topological polar surface area (TPSA) is 85.2 Å². The first-order chi connectivity index (χ1) is 7.76. The lowest BCUT2D eigenvalue weighted by Gasteiger charge is -2.08. The van der Waals surface area contributed by atoms with Crippen molar-refractivity contribution in [3.8, 4) is 5.88 Å².